The average molecular weight is 378 g/mol. The SMILES string of the molecule is C=CC(c1ccc(/C=C/c2ccc(F)cc2)cc1)S(=O)(=O)c1ccccc1. The summed E-state index contributed by atoms with van der Waals surface area (Å²) >= 11 is 0. The summed E-state index contributed by atoms with van der Waals surface area (Å²) in [5.41, 5.74) is 2.46. The molecule has 3 rings (SSSR count). The Balaban J connectivity index is 1.83. The summed E-state index contributed by atoms with van der Waals surface area (Å²) in [6.45, 7) is 3.71. The highest BCUT2D eigenvalue weighted by molar-refractivity contribution is 7.91. The molecule has 0 saturated carbocycles. The molecule has 2 nitrogen and oxygen atoms in total. The van der Waals surface area contributed by atoms with Crippen LogP contribution in [0.5, 0.6) is 0 Å². The molecule has 0 aliphatic heterocycles. The highest BCUT2D eigenvalue weighted by atomic mass is 32.2. The van der Waals surface area contributed by atoms with Gasteiger partial charge in [0.2, 0.25) is 0 Å². The summed E-state index contributed by atoms with van der Waals surface area (Å²) < 4.78 is 38.7. The molecule has 0 aliphatic rings. The van der Waals surface area contributed by atoms with Gasteiger partial charge in [-0.2, -0.15) is 0 Å². The fourth-order valence-corrected chi connectivity index (χ4v) is 4.36. The second kappa shape index (κ2) is 8.14. The van der Waals surface area contributed by atoms with Crippen molar-refractivity contribution in [3.8, 4) is 0 Å². The van der Waals surface area contributed by atoms with E-state index in [1.807, 2.05) is 24.3 Å². The van der Waals surface area contributed by atoms with Gasteiger partial charge in [-0.05, 0) is 41.0 Å². The molecule has 0 spiro atoms. The van der Waals surface area contributed by atoms with Crippen LogP contribution < -0.4 is 0 Å². The van der Waals surface area contributed by atoms with Crippen molar-refractivity contribution >= 4 is 22.0 Å². The van der Waals surface area contributed by atoms with Crippen molar-refractivity contribution in [2.75, 3.05) is 0 Å². The fourth-order valence-electron chi connectivity index (χ4n) is 2.76. The molecule has 0 fully saturated rings. The molecule has 3 aromatic carbocycles. The van der Waals surface area contributed by atoms with Crippen LogP contribution >= 0.6 is 0 Å². The molecule has 0 N–H and O–H groups in total. The van der Waals surface area contributed by atoms with Gasteiger partial charge in [-0.1, -0.05) is 72.8 Å². The lowest BCUT2D eigenvalue weighted by molar-refractivity contribution is 0.590. The van der Waals surface area contributed by atoms with Gasteiger partial charge in [-0.25, -0.2) is 12.8 Å². The predicted molar refractivity (Wildman–Crippen MR) is 108 cm³/mol. The zero-order valence-corrected chi connectivity index (χ0v) is 15.4. The van der Waals surface area contributed by atoms with Crippen LogP contribution in [0.15, 0.2) is 96.4 Å². The summed E-state index contributed by atoms with van der Waals surface area (Å²) in [4.78, 5) is 0.273. The van der Waals surface area contributed by atoms with Gasteiger partial charge in [-0.15, -0.1) is 6.58 Å². The van der Waals surface area contributed by atoms with Gasteiger partial charge in [0.05, 0.1) is 4.90 Å². The number of halogens is 1. The van der Waals surface area contributed by atoms with E-state index in [1.165, 1.54) is 18.2 Å². The molecule has 1 atom stereocenters. The first-order valence-electron chi connectivity index (χ1n) is 8.46. The Bertz CT molecular complexity index is 1040. The van der Waals surface area contributed by atoms with E-state index >= 15 is 0 Å². The van der Waals surface area contributed by atoms with E-state index in [0.717, 1.165) is 11.1 Å². The van der Waals surface area contributed by atoms with Gasteiger partial charge in [0.25, 0.3) is 0 Å². The summed E-state index contributed by atoms with van der Waals surface area (Å²) in [6, 6.07) is 21.9. The van der Waals surface area contributed by atoms with Crippen LogP contribution in [-0.2, 0) is 9.84 Å². The number of hydrogen-bond donors (Lipinski definition) is 0. The molecule has 4 heteroatoms. The second-order valence-electron chi connectivity index (χ2n) is 6.07. The smallest absolute Gasteiger partial charge is 0.188 e. The summed E-state index contributed by atoms with van der Waals surface area (Å²) in [5, 5.41) is -0.810. The Kier molecular flexibility index (Phi) is 5.67. The molecular weight excluding hydrogens is 359 g/mol. The monoisotopic (exact) mass is 378 g/mol. The van der Waals surface area contributed by atoms with E-state index in [2.05, 4.69) is 6.58 Å². The minimum absolute atomic E-state index is 0.272. The third-order valence-corrected chi connectivity index (χ3v) is 6.29. The summed E-state index contributed by atoms with van der Waals surface area (Å²) in [7, 11) is -3.55. The minimum atomic E-state index is -3.55. The normalized spacial score (nSPS) is 12.8. The lowest BCUT2D eigenvalue weighted by Crippen LogP contribution is -2.11. The molecule has 0 saturated heterocycles. The largest absolute Gasteiger partial charge is 0.223 e. The van der Waals surface area contributed by atoms with E-state index < -0.39 is 15.1 Å². The highest BCUT2D eigenvalue weighted by Gasteiger charge is 2.26. The third-order valence-electron chi connectivity index (χ3n) is 4.22. The standard InChI is InChI=1S/C23H19FO2S/c1-2-23(27(25,26)22-6-4-3-5-7-22)20-14-10-18(11-15-20)8-9-19-12-16-21(24)17-13-19/h2-17,23H,1H2/b9-8+. The van der Waals surface area contributed by atoms with Crippen molar-refractivity contribution in [1.29, 1.82) is 0 Å². The molecule has 0 aliphatic carbocycles. The maximum absolute atomic E-state index is 12.9. The van der Waals surface area contributed by atoms with E-state index in [4.69, 9.17) is 0 Å². The van der Waals surface area contributed by atoms with E-state index in [9.17, 15) is 12.8 Å². The van der Waals surface area contributed by atoms with Gasteiger partial charge in [0, 0.05) is 0 Å². The van der Waals surface area contributed by atoms with Crippen LogP contribution in [0.25, 0.3) is 12.2 Å². The Morgan fingerprint density at radius 1 is 0.778 bits per heavy atom. The molecular formula is C23H19FO2S. The average Bonchev–Trinajstić information content (AvgIpc) is 2.69. The zero-order chi connectivity index (χ0) is 19.3. The Hall–Kier alpha value is -2.98. The van der Waals surface area contributed by atoms with Crippen LogP contribution in [0.4, 0.5) is 4.39 Å². The minimum Gasteiger partial charge on any atom is -0.223 e. The van der Waals surface area contributed by atoms with Crippen molar-refractivity contribution in [1.82, 2.24) is 0 Å². The van der Waals surface area contributed by atoms with Crippen molar-refractivity contribution in [3.05, 3.63) is 114 Å². The second-order valence-corrected chi connectivity index (χ2v) is 8.14. The third kappa shape index (κ3) is 4.41. The highest BCUT2D eigenvalue weighted by Crippen LogP contribution is 2.30. The van der Waals surface area contributed by atoms with E-state index in [1.54, 1.807) is 54.6 Å². The number of benzene rings is 3. The molecule has 136 valence electrons. The molecule has 0 aromatic heterocycles. The lowest BCUT2D eigenvalue weighted by Gasteiger charge is -2.14. The van der Waals surface area contributed by atoms with Crippen molar-refractivity contribution in [2.45, 2.75) is 10.1 Å². The van der Waals surface area contributed by atoms with Gasteiger partial charge in [0.1, 0.15) is 11.1 Å². The van der Waals surface area contributed by atoms with E-state index in [-0.39, 0.29) is 10.7 Å². The first kappa shape index (κ1) is 18.8. The van der Waals surface area contributed by atoms with Crippen LogP contribution in [0.1, 0.15) is 21.9 Å². The Labute approximate surface area is 159 Å². The van der Waals surface area contributed by atoms with Gasteiger partial charge in [0.15, 0.2) is 9.84 Å². The predicted octanol–water partition coefficient (Wildman–Crippen LogP) is 5.70. The number of sulfone groups is 1. The quantitative estimate of drug-likeness (QED) is 0.407. The van der Waals surface area contributed by atoms with Crippen molar-refractivity contribution in [2.24, 2.45) is 0 Å². The fraction of sp³-hybridized carbons (Fsp3) is 0.0435. The van der Waals surface area contributed by atoms with Crippen LogP contribution in [-0.4, -0.2) is 8.42 Å². The molecule has 0 radical (unpaired) electrons. The van der Waals surface area contributed by atoms with Gasteiger partial charge >= 0.3 is 0 Å². The molecule has 0 amide bonds. The first-order chi connectivity index (χ1) is 13.0. The summed E-state index contributed by atoms with van der Waals surface area (Å²) in [5.74, 6) is -0.272. The lowest BCUT2D eigenvalue weighted by atomic mass is 10.1. The van der Waals surface area contributed by atoms with Gasteiger partial charge in [-0.3, -0.25) is 0 Å². The molecule has 0 bridgehead atoms. The molecule has 3 aromatic rings. The molecule has 0 heterocycles. The van der Waals surface area contributed by atoms with Crippen molar-refractivity contribution in [3.63, 3.8) is 0 Å². The first-order valence-corrected chi connectivity index (χ1v) is 10.0. The topological polar surface area (TPSA) is 34.1 Å². The number of hydrogen-bond acceptors (Lipinski definition) is 2. The molecule has 27 heavy (non-hydrogen) atoms. The van der Waals surface area contributed by atoms with E-state index in [0.29, 0.717) is 5.56 Å². The molecule has 1 unspecified atom stereocenters. The van der Waals surface area contributed by atoms with Crippen LogP contribution in [0.2, 0.25) is 0 Å². The Morgan fingerprint density at radius 2 is 1.30 bits per heavy atom. The van der Waals surface area contributed by atoms with Crippen LogP contribution in [0, 0.1) is 5.82 Å². The number of rotatable bonds is 6. The Morgan fingerprint density at radius 3 is 1.81 bits per heavy atom. The van der Waals surface area contributed by atoms with Crippen LogP contribution in [0.3, 0.4) is 0 Å². The summed E-state index contributed by atoms with van der Waals surface area (Å²) in [6.07, 6.45) is 5.22. The zero-order valence-electron chi connectivity index (χ0n) is 14.6. The van der Waals surface area contributed by atoms with Gasteiger partial charge < -0.3 is 0 Å². The van der Waals surface area contributed by atoms with Crippen molar-refractivity contribution < 1.29 is 12.8 Å². The maximum Gasteiger partial charge on any atom is 0.188 e. The maximum atomic E-state index is 12.9.